The molecule has 3 aromatic rings. The van der Waals surface area contributed by atoms with Crippen LogP contribution in [0.5, 0.6) is 5.75 Å². The van der Waals surface area contributed by atoms with Gasteiger partial charge in [-0.2, -0.15) is 0 Å². The number of nitrogens with two attached hydrogens (primary N) is 1. The van der Waals surface area contributed by atoms with E-state index in [9.17, 15) is 5.11 Å². The van der Waals surface area contributed by atoms with Gasteiger partial charge in [0.15, 0.2) is 0 Å². The molecule has 0 atom stereocenters. The van der Waals surface area contributed by atoms with E-state index < -0.39 is 0 Å². The molecule has 0 spiro atoms. The maximum Gasteiger partial charge on any atom is 0.148 e. The van der Waals surface area contributed by atoms with Crippen LogP contribution < -0.4 is 5.73 Å². The van der Waals surface area contributed by atoms with Crippen LogP contribution in [0.25, 0.3) is 16.9 Å². The van der Waals surface area contributed by atoms with Crippen molar-refractivity contribution in [3.05, 3.63) is 48.8 Å². The molecule has 84 valence electrons. The van der Waals surface area contributed by atoms with E-state index in [1.54, 1.807) is 24.4 Å². The normalized spacial score (nSPS) is 10.8. The molecule has 3 N–H and O–H groups in total. The Kier molecular flexibility index (Phi) is 2.01. The topological polar surface area (TPSA) is 63.5 Å². The number of rotatable bonds is 1. The molecule has 4 nitrogen and oxygen atoms in total. The fraction of sp³-hybridized carbons (Fsp3) is 0. The van der Waals surface area contributed by atoms with E-state index in [-0.39, 0.29) is 5.75 Å². The highest BCUT2D eigenvalue weighted by molar-refractivity contribution is 5.69. The van der Waals surface area contributed by atoms with Gasteiger partial charge in [0.1, 0.15) is 11.6 Å². The second-order valence-corrected chi connectivity index (χ2v) is 3.85. The largest absolute Gasteiger partial charge is 0.507 e. The summed E-state index contributed by atoms with van der Waals surface area (Å²) in [6.07, 6.45) is 3.58. The first kappa shape index (κ1) is 9.72. The second-order valence-electron chi connectivity index (χ2n) is 3.85. The average Bonchev–Trinajstić information content (AvgIpc) is 2.72. The number of imidazole rings is 1. The molecule has 0 amide bonds. The minimum atomic E-state index is 0.219. The zero-order chi connectivity index (χ0) is 11.8. The molecule has 17 heavy (non-hydrogen) atoms. The van der Waals surface area contributed by atoms with Crippen LogP contribution in [0.3, 0.4) is 0 Å². The van der Waals surface area contributed by atoms with Crippen LogP contribution in [-0.4, -0.2) is 14.5 Å². The molecule has 0 saturated carbocycles. The highest BCUT2D eigenvalue weighted by atomic mass is 16.3. The SMILES string of the molecule is Nc1ccn2c(-c3ccccc3O)ncc2c1. The number of hydrogen-bond acceptors (Lipinski definition) is 3. The maximum atomic E-state index is 9.82. The first-order valence-electron chi connectivity index (χ1n) is 5.26. The number of anilines is 1. The summed E-state index contributed by atoms with van der Waals surface area (Å²) in [6.45, 7) is 0. The van der Waals surface area contributed by atoms with Gasteiger partial charge in [-0.1, -0.05) is 12.1 Å². The van der Waals surface area contributed by atoms with Gasteiger partial charge in [0.25, 0.3) is 0 Å². The molecule has 3 rings (SSSR count). The van der Waals surface area contributed by atoms with Crippen molar-refractivity contribution < 1.29 is 5.11 Å². The molecule has 0 aliphatic carbocycles. The molecular formula is C13H11N3O. The van der Waals surface area contributed by atoms with Gasteiger partial charge in [-0.25, -0.2) is 4.98 Å². The summed E-state index contributed by atoms with van der Waals surface area (Å²) in [5, 5.41) is 9.82. The Morgan fingerprint density at radius 1 is 1.18 bits per heavy atom. The number of nitrogens with zero attached hydrogens (tertiary/aromatic N) is 2. The van der Waals surface area contributed by atoms with Crippen molar-refractivity contribution in [1.29, 1.82) is 0 Å². The van der Waals surface area contributed by atoms with Crippen molar-refractivity contribution in [3.8, 4) is 17.1 Å². The van der Waals surface area contributed by atoms with E-state index in [1.165, 1.54) is 0 Å². The van der Waals surface area contributed by atoms with Crippen LogP contribution in [0, 0.1) is 0 Å². The minimum Gasteiger partial charge on any atom is -0.507 e. The number of hydrogen-bond donors (Lipinski definition) is 2. The van der Waals surface area contributed by atoms with Gasteiger partial charge in [-0.05, 0) is 24.3 Å². The summed E-state index contributed by atoms with van der Waals surface area (Å²) in [5.41, 5.74) is 8.02. The molecule has 0 bridgehead atoms. The number of para-hydroxylation sites is 1. The number of pyridine rings is 1. The molecule has 2 heterocycles. The van der Waals surface area contributed by atoms with Crippen LogP contribution >= 0.6 is 0 Å². The lowest BCUT2D eigenvalue weighted by Gasteiger charge is -2.04. The molecule has 2 aromatic heterocycles. The molecule has 0 aliphatic rings. The van der Waals surface area contributed by atoms with Crippen molar-refractivity contribution in [3.63, 3.8) is 0 Å². The van der Waals surface area contributed by atoms with Gasteiger partial charge in [0, 0.05) is 11.9 Å². The summed E-state index contributed by atoms with van der Waals surface area (Å²) >= 11 is 0. The van der Waals surface area contributed by atoms with Crippen LogP contribution in [-0.2, 0) is 0 Å². The Morgan fingerprint density at radius 2 is 2.00 bits per heavy atom. The van der Waals surface area contributed by atoms with E-state index in [0.29, 0.717) is 17.1 Å². The van der Waals surface area contributed by atoms with Gasteiger partial charge in [-0.3, -0.25) is 4.40 Å². The van der Waals surface area contributed by atoms with Crippen molar-refractivity contribution >= 4 is 11.2 Å². The summed E-state index contributed by atoms with van der Waals surface area (Å²) in [7, 11) is 0. The van der Waals surface area contributed by atoms with E-state index in [2.05, 4.69) is 4.98 Å². The van der Waals surface area contributed by atoms with Gasteiger partial charge in [0.05, 0.1) is 17.3 Å². The number of nitrogen functional groups attached to an aromatic ring is 1. The maximum absolute atomic E-state index is 9.82. The van der Waals surface area contributed by atoms with E-state index in [1.807, 2.05) is 28.8 Å². The third kappa shape index (κ3) is 1.50. The van der Waals surface area contributed by atoms with Crippen LogP contribution in [0.4, 0.5) is 5.69 Å². The molecule has 4 heteroatoms. The van der Waals surface area contributed by atoms with Gasteiger partial charge in [0.2, 0.25) is 0 Å². The lowest BCUT2D eigenvalue weighted by atomic mass is 10.2. The zero-order valence-electron chi connectivity index (χ0n) is 9.04. The Labute approximate surface area is 98.0 Å². The summed E-state index contributed by atoms with van der Waals surface area (Å²) in [4.78, 5) is 4.31. The quantitative estimate of drug-likeness (QED) is 0.667. The molecule has 0 unspecified atom stereocenters. The highest BCUT2D eigenvalue weighted by Gasteiger charge is 2.09. The Bertz CT molecular complexity index is 688. The number of phenols is 1. The Balaban J connectivity index is 2.29. The monoisotopic (exact) mass is 225 g/mol. The van der Waals surface area contributed by atoms with Crippen molar-refractivity contribution in [1.82, 2.24) is 9.38 Å². The molecule has 0 fully saturated rings. The summed E-state index contributed by atoms with van der Waals surface area (Å²) < 4.78 is 1.89. The third-order valence-corrected chi connectivity index (χ3v) is 2.70. The van der Waals surface area contributed by atoms with Crippen LogP contribution in [0.2, 0.25) is 0 Å². The van der Waals surface area contributed by atoms with Crippen molar-refractivity contribution in [2.45, 2.75) is 0 Å². The van der Waals surface area contributed by atoms with E-state index >= 15 is 0 Å². The number of fused-ring (bicyclic) bond motifs is 1. The first-order valence-corrected chi connectivity index (χ1v) is 5.26. The van der Waals surface area contributed by atoms with Gasteiger partial charge < -0.3 is 10.8 Å². The smallest absolute Gasteiger partial charge is 0.148 e. The van der Waals surface area contributed by atoms with Crippen LogP contribution in [0.1, 0.15) is 0 Å². The van der Waals surface area contributed by atoms with E-state index in [4.69, 9.17) is 5.73 Å². The Hall–Kier alpha value is -2.49. The second kappa shape index (κ2) is 3.52. The van der Waals surface area contributed by atoms with E-state index in [0.717, 1.165) is 5.52 Å². The number of aromatic hydroxyl groups is 1. The Morgan fingerprint density at radius 3 is 2.82 bits per heavy atom. The number of benzene rings is 1. The molecule has 0 radical (unpaired) electrons. The van der Waals surface area contributed by atoms with Crippen LogP contribution in [0.15, 0.2) is 48.8 Å². The average molecular weight is 225 g/mol. The third-order valence-electron chi connectivity index (χ3n) is 2.70. The molecule has 0 aliphatic heterocycles. The highest BCUT2D eigenvalue weighted by Crippen LogP contribution is 2.28. The number of phenolic OH excluding ortho intramolecular Hbond substituents is 1. The lowest BCUT2D eigenvalue weighted by Crippen LogP contribution is -1.91. The molecule has 1 aromatic carbocycles. The zero-order valence-corrected chi connectivity index (χ0v) is 9.04. The van der Waals surface area contributed by atoms with Gasteiger partial charge in [-0.15, -0.1) is 0 Å². The summed E-state index contributed by atoms with van der Waals surface area (Å²) in [6, 6.07) is 10.8. The lowest BCUT2D eigenvalue weighted by molar-refractivity contribution is 0.477. The van der Waals surface area contributed by atoms with Gasteiger partial charge >= 0.3 is 0 Å². The molecular weight excluding hydrogens is 214 g/mol. The fourth-order valence-electron chi connectivity index (χ4n) is 1.88. The minimum absolute atomic E-state index is 0.219. The molecule has 0 saturated heterocycles. The van der Waals surface area contributed by atoms with Crippen molar-refractivity contribution in [2.24, 2.45) is 0 Å². The fourth-order valence-corrected chi connectivity index (χ4v) is 1.88. The number of aromatic nitrogens is 2. The predicted octanol–water partition coefficient (Wildman–Crippen LogP) is 2.29. The predicted molar refractivity (Wildman–Crippen MR) is 66.7 cm³/mol. The first-order chi connectivity index (χ1) is 8.25. The van der Waals surface area contributed by atoms with Crippen molar-refractivity contribution in [2.75, 3.05) is 5.73 Å². The summed E-state index contributed by atoms with van der Waals surface area (Å²) in [5.74, 6) is 0.926. The standard InChI is InChI=1S/C13H11N3O/c14-9-5-6-16-10(7-9)8-15-13(16)11-3-1-2-4-12(11)17/h1-8,17H,14H2.